The average molecular weight is 413 g/mol. The van der Waals surface area contributed by atoms with E-state index >= 15 is 0 Å². The minimum Gasteiger partial charge on any atom is -0.485 e. The Balaban J connectivity index is 1.43. The molecule has 1 aromatic heterocycles. The largest absolute Gasteiger partial charge is 0.485 e. The molecule has 0 aliphatic carbocycles. The number of amides is 1. The highest BCUT2D eigenvalue weighted by Crippen LogP contribution is 2.37. The first kappa shape index (κ1) is 19.2. The highest BCUT2D eigenvalue weighted by atomic mass is 35.5. The predicted octanol–water partition coefficient (Wildman–Crippen LogP) is 5.26. The van der Waals surface area contributed by atoms with Gasteiger partial charge in [-0.05, 0) is 60.4 Å². The molecule has 0 radical (unpaired) electrons. The summed E-state index contributed by atoms with van der Waals surface area (Å²) in [6.45, 7) is 0. The molecule has 1 aliphatic rings. The van der Waals surface area contributed by atoms with Gasteiger partial charge in [0.25, 0.3) is 0 Å². The number of hydrogen-bond acceptors (Lipinski definition) is 4. The normalized spacial score (nSPS) is 15.2. The summed E-state index contributed by atoms with van der Waals surface area (Å²) >= 11 is 5.47. The first-order valence-electron chi connectivity index (χ1n) is 9.15. The predicted molar refractivity (Wildman–Crippen MR) is 108 cm³/mol. The lowest BCUT2D eigenvalue weighted by atomic mass is 9.97. The summed E-state index contributed by atoms with van der Waals surface area (Å²) in [6.07, 6.45) is 3.04. The second-order valence-corrected chi connectivity index (χ2v) is 6.90. The maximum absolute atomic E-state index is 13.1. The lowest BCUT2D eigenvalue weighted by Crippen LogP contribution is -2.15. The molecule has 1 amide bonds. The Labute approximate surface area is 172 Å². The fraction of sp³-hybridized carbons (Fsp3) is 0.182. The fourth-order valence-electron chi connectivity index (χ4n) is 3.17. The van der Waals surface area contributed by atoms with Crippen molar-refractivity contribution in [1.29, 1.82) is 0 Å². The van der Waals surface area contributed by atoms with Crippen molar-refractivity contribution < 1.29 is 18.7 Å². The van der Waals surface area contributed by atoms with Crippen LogP contribution in [0.4, 0.5) is 10.1 Å². The fourth-order valence-corrected chi connectivity index (χ4v) is 3.24. The number of fused-ring (bicyclic) bond motifs is 1. The second-order valence-electron chi connectivity index (χ2n) is 6.64. The SMILES string of the molecule is O=C(CCl)Nc1ccc(Oc2ccc3c(c2)CCC(c2ccc(F)cc2)O3)nc1. The number of pyridine rings is 1. The third-order valence-corrected chi connectivity index (χ3v) is 4.83. The van der Waals surface area contributed by atoms with Crippen molar-refractivity contribution in [3.63, 3.8) is 0 Å². The van der Waals surface area contributed by atoms with E-state index in [2.05, 4.69) is 10.3 Å². The third kappa shape index (κ3) is 4.66. The van der Waals surface area contributed by atoms with Gasteiger partial charge < -0.3 is 14.8 Å². The van der Waals surface area contributed by atoms with Gasteiger partial charge in [-0.1, -0.05) is 12.1 Å². The van der Waals surface area contributed by atoms with Crippen LogP contribution in [0, 0.1) is 5.82 Å². The maximum Gasteiger partial charge on any atom is 0.239 e. The monoisotopic (exact) mass is 412 g/mol. The molecule has 1 N–H and O–H groups in total. The van der Waals surface area contributed by atoms with Crippen LogP contribution < -0.4 is 14.8 Å². The molecule has 5 nitrogen and oxygen atoms in total. The highest BCUT2D eigenvalue weighted by Gasteiger charge is 2.22. The number of anilines is 1. The minimum absolute atomic E-state index is 0.0905. The van der Waals surface area contributed by atoms with Gasteiger partial charge in [0.1, 0.15) is 29.3 Å². The Bertz CT molecular complexity index is 1010. The van der Waals surface area contributed by atoms with Crippen LogP contribution in [0.1, 0.15) is 23.7 Å². The minimum atomic E-state index is -0.296. The van der Waals surface area contributed by atoms with Gasteiger partial charge in [-0.25, -0.2) is 9.37 Å². The van der Waals surface area contributed by atoms with E-state index in [1.54, 1.807) is 24.3 Å². The van der Waals surface area contributed by atoms with Crippen LogP contribution in [0.15, 0.2) is 60.8 Å². The maximum atomic E-state index is 13.1. The van der Waals surface area contributed by atoms with Crippen LogP contribution in [0.3, 0.4) is 0 Å². The lowest BCUT2D eigenvalue weighted by Gasteiger charge is -2.26. The van der Waals surface area contributed by atoms with Crippen LogP contribution in [-0.4, -0.2) is 16.8 Å². The topological polar surface area (TPSA) is 60.5 Å². The molecule has 1 unspecified atom stereocenters. The summed E-state index contributed by atoms with van der Waals surface area (Å²) in [5, 5.41) is 2.62. The van der Waals surface area contributed by atoms with E-state index in [0.29, 0.717) is 17.3 Å². The molecule has 0 saturated carbocycles. The first-order chi connectivity index (χ1) is 14.1. The molecule has 4 rings (SSSR count). The molecule has 2 heterocycles. The summed E-state index contributed by atoms with van der Waals surface area (Å²) in [5.74, 6) is 1.19. The number of nitrogens with one attached hydrogen (secondary N) is 1. The summed E-state index contributed by atoms with van der Waals surface area (Å²) in [5.41, 5.74) is 2.56. The van der Waals surface area contributed by atoms with Crippen molar-refractivity contribution in [3.05, 3.63) is 77.7 Å². The van der Waals surface area contributed by atoms with E-state index in [9.17, 15) is 9.18 Å². The number of aromatic nitrogens is 1. The molecule has 148 valence electrons. The highest BCUT2D eigenvalue weighted by molar-refractivity contribution is 6.29. The van der Waals surface area contributed by atoms with Crippen LogP contribution in [0.25, 0.3) is 0 Å². The van der Waals surface area contributed by atoms with Crippen LogP contribution in [-0.2, 0) is 11.2 Å². The Hall–Kier alpha value is -3.12. The van der Waals surface area contributed by atoms with Crippen molar-refractivity contribution in [3.8, 4) is 17.4 Å². The number of nitrogens with zero attached hydrogens (tertiary/aromatic N) is 1. The third-order valence-electron chi connectivity index (χ3n) is 4.58. The van der Waals surface area contributed by atoms with Gasteiger partial charge in [-0.3, -0.25) is 4.79 Å². The number of halogens is 2. The number of ether oxygens (including phenoxy) is 2. The van der Waals surface area contributed by atoms with Crippen molar-refractivity contribution in [1.82, 2.24) is 4.98 Å². The number of benzene rings is 2. The molecular formula is C22H18ClFN2O3. The van der Waals surface area contributed by atoms with Gasteiger partial charge in [-0.15, -0.1) is 11.6 Å². The second kappa shape index (κ2) is 8.49. The van der Waals surface area contributed by atoms with E-state index in [1.807, 2.05) is 18.2 Å². The molecule has 29 heavy (non-hydrogen) atoms. The molecule has 7 heteroatoms. The smallest absolute Gasteiger partial charge is 0.239 e. The van der Waals surface area contributed by atoms with Crippen molar-refractivity contribution in [2.24, 2.45) is 0 Å². The Morgan fingerprint density at radius 2 is 2.03 bits per heavy atom. The molecule has 0 fully saturated rings. The first-order valence-corrected chi connectivity index (χ1v) is 9.69. The number of aryl methyl sites for hydroxylation is 1. The standard InChI is InChI=1S/C22H18ClFN2O3/c23-12-21(27)26-17-6-10-22(25-13-17)28-18-7-9-20-15(11-18)3-8-19(29-20)14-1-4-16(24)5-2-14/h1-2,4-7,9-11,13,19H,3,8,12H2,(H,26,27). The van der Waals surface area contributed by atoms with Crippen LogP contribution >= 0.6 is 11.6 Å². The quantitative estimate of drug-likeness (QED) is 0.581. The van der Waals surface area contributed by atoms with Gasteiger partial charge in [0, 0.05) is 6.07 Å². The van der Waals surface area contributed by atoms with E-state index < -0.39 is 0 Å². The van der Waals surface area contributed by atoms with Crippen molar-refractivity contribution in [2.45, 2.75) is 18.9 Å². The Morgan fingerprint density at radius 3 is 2.76 bits per heavy atom. The Kier molecular flexibility index (Phi) is 5.62. The molecular weight excluding hydrogens is 395 g/mol. The number of carbonyl (C=O) groups is 1. The van der Waals surface area contributed by atoms with E-state index in [1.165, 1.54) is 18.3 Å². The zero-order valence-corrected chi connectivity index (χ0v) is 16.2. The lowest BCUT2D eigenvalue weighted by molar-refractivity contribution is -0.113. The summed E-state index contributed by atoms with van der Waals surface area (Å²) in [4.78, 5) is 15.5. The molecule has 1 aliphatic heterocycles. The molecule has 3 aromatic rings. The molecule has 0 spiro atoms. The summed E-state index contributed by atoms with van der Waals surface area (Å²) in [7, 11) is 0. The average Bonchev–Trinajstić information content (AvgIpc) is 2.75. The van der Waals surface area contributed by atoms with Gasteiger partial charge in [-0.2, -0.15) is 0 Å². The molecule has 1 atom stereocenters. The number of rotatable bonds is 5. The van der Waals surface area contributed by atoms with E-state index in [4.69, 9.17) is 21.1 Å². The number of alkyl halides is 1. The molecule has 0 saturated heterocycles. The number of hydrogen-bond donors (Lipinski definition) is 1. The number of carbonyl (C=O) groups excluding carboxylic acids is 1. The van der Waals surface area contributed by atoms with Crippen molar-refractivity contribution >= 4 is 23.2 Å². The van der Waals surface area contributed by atoms with Gasteiger partial charge in [0.15, 0.2) is 0 Å². The van der Waals surface area contributed by atoms with Gasteiger partial charge in [0.2, 0.25) is 11.8 Å². The van der Waals surface area contributed by atoms with Crippen LogP contribution in [0.5, 0.6) is 17.4 Å². The van der Waals surface area contributed by atoms with Gasteiger partial charge in [0.05, 0.1) is 11.9 Å². The summed E-state index contributed by atoms with van der Waals surface area (Å²) in [6, 6.07) is 15.4. The molecule has 0 bridgehead atoms. The Morgan fingerprint density at radius 1 is 1.21 bits per heavy atom. The zero-order chi connectivity index (χ0) is 20.2. The van der Waals surface area contributed by atoms with Crippen LogP contribution in [0.2, 0.25) is 0 Å². The van der Waals surface area contributed by atoms with E-state index in [0.717, 1.165) is 29.7 Å². The molecule has 2 aromatic carbocycles. The zero-order valence-electron chi connectivity index (χ0n) is 15.4. The summed E-state index contributed by atoms with van der Waals surface area (Å²) < 4.78 is 25.0. The van der Waals surface area contributed by atoms with Gasteiger partial charge >= 0.3 is 0 Å². The van der Waals surface area contributed by atoms with Crippen molar-refractivity contribution in [2.75, 3.05) is 11.2 Å². The van der Waals surface area contributed by atoms with E-state index in [-0.39, 0.29) is 23.7 Å².